The van der Waals surface area contributed by atoms with Gasteiger partial charge in [-0.15, -0.1) is 23.5 Å². The molecular weight excluding hydrogens is 244 g/mol. The lowest BCUT2D eigenvalue weighted by atomic mass is 10.1. The van der Waals surface area contributed by atoms with Crippen LogP contribution in [0.5, 0.6) is 0 Å². The first-order valence-electron chi connectivity index (χ1n) is 5.06. The molecule has 1 aromatic carbocycles. The lowest BCUT2D eigenvalue weighted by Gasteiger charge is -2.34. The highest BCUT2D eigenvalue weighted by Gasteiger charge is 2.37. The highest BCUT2D eigenvalue weighted by Crippen LogP contribution is 2.38. The van der Waals surface area contributed by atoms with Crippen molar-refractivity contribution >= 4 is 23.5 Å². The fraction of sp³-hybridized carbons (Fsp3) is 0.455. The van der Waals surface area contributed by atoms with Gasteiger partial charge in [-0.2, -0.15) is 0 Å². The molecule has 1 aromatic rings. The van der Waals surface area contributed by atoms with Crippen molar-refractivity contribution in [1.82, 2.24) is 0 Å². The van der Waals surface area contributed by atoms with Gasteiger partial charge in [0.1, 0.15) is 12.2 Å². The van der Waals surface area contributed by atoms with Crippen molar-refractivity contribution in [2.24, 2.45) is 0 Å². The van der Waals surface area contributed by atoms with Crippen molar-refractivity contribution in [3.63, 3.8) is 0 Å². The van der Waals surface area contributed by atoms with E-state index in [-0.39, 0.29) is 4.58 Å². The minimum atomic E-state index is -1.04. The molecule has 1 heterocycles. The molecule has 3 N–H and O–H groups in total. The summed E-state index contributed by atoms with van der Waals surface area (Å²) in [5.41, 5.74) is 0. The monoisotopic (exact) mass is 258 g/mol. The quantitative estimate of drug-likeness (QED) is 0.737. The summed E-state index contributed by atoms with van der Waals surface area (Å²) in [6.45, 7) is 0. The molecule has 5 heteroatoms. The van der Waals surface area contributed by atoms with Gasteiger partial charge in [0.05, 0.1) is 10.7 Å². The van der Waals surface area contributed by atoms with Crippen molar-refractivity contribution in [2.45, 2.75) is 27.8 Å². The van der Waals surface area contributed by atoms with E-state index >= 15 is 0 Å². The van der Waals surface area contributed by atoms with Gasteiger partial charge in [0.15, 0.2) is 0 Å². The molecule has 88 valence electrons. The molecule has 1 aliphatic rings. The van der Waals surface area contributed by atoms with E-state index in [0.717, 1.165) is 4.90 Å². The number of thioether (sulfide) groups is 2. The maximum Gasteiger partial charge on any atom is 0.108 e. The van der Waals surface area contributed by atoms with Crippen LogP contribution in [0.2, 0.25) is 0 Å². The fourth-order valence-electron chi connectivity index (χ4n) is 1.52. The smallest absolute Gasteiger partial charge is 0.108 e. The van der Waals surface area contributed by atoms with Gasteiger partial charge in [0.25, 0.3) is 0 Å². The number of hydrogen-bond acceptors (Lipinski definition) is 5. The van der Waals surface area contributed by atoms with Crippen molar-refractivity contribution in [3.8, 4) is 0 Å². The zero-order valence-electron chi connectivity index (χ0n) is 8.56. The lowest BCUT2D eigenvalue weighted by Crippen LogP contribution is -2.47. The molecule has 0 aromatic heterocycles. The van der Waals surface area contributed by atoms with Crippen molar-refractivity contribution in [3.05, 3.63) is 30.3 Å². The third-order valence-corrected chi connectivity index (χ3v) is 5.34. The van der Waals surface area contributed by atoms with Crippen LogP contribution in [0.15, 0.2) is 35.2 Å². The van der Waals surface area contributed by atoms with Gasteiger partial charge in [0, 0.05) is 10.6 Å². The predicted molar refractivity (Wildman–Crippen MR) is 66.6 cm³/mol. The van der Waals surface area contributed by atoms with E-state index in [2.05, 4.69) is 0 Å². The van der Waals surface area contributed by atoms with E-state index in [1.54, 1.807) is 0 Å². The summed E-state index contributed by atoms with van der Waals surface area (Å²) < 4.78 is -0.124. The van der Waals surface area contributed by atoms with Crippen LogP contribution in [0.3, 0.4) is 0 Å². The van der Waals surface area contributed by atoms with Crippen molar-refractivity contribution in [1.29, 1.82) is 0 Å². The van der Waals surface area contributed by atoms with Crippen LogP contribution in [-0.2, 0) is 0 Å². The van der Waals surface area contributed by atoms with Crippen LogP contribution in [-0.4, -0.2) is 44.0 Å². The van der Waals surface area contributed by atoms with Crippen molar-refractivity contribution in [2.75, 3.05) is 5.75 Å². The van der Waals surface area contributed by atoms with Gasteiger partial charge in [-0.1, -0.05) is 18.2 Å². The normalized spacial score (nSPS) is 34.9. The van der Waals surface area contributed by atoms with Gasteiger partial charge < -0.3 is 15.3 Å². The van der Waals surface area contributed by atoms with Gasteiger partial charge in [-0.25, -0.2) is 0 Å². The Balaban J connectivity index is 2.00. The van der Waals surface area contributed by atoms with Crippen LogP contribution in [0.4, 0.5) is 0 Å². The molecule has 0 unspecified atom stereocenters. The summed E-state index contributed by atoms with van der Waals surface area (Å²) in [5, 5.41) is 28.8. The Morgan fingerprint density at radius 3 is 2.44 bits per heavy atom. The Labute approximate surface area is 103 Å². The average molecular weight is 258 g/mol. The second-order valence-electron chi connectivity index (χ2n) is 3.68. The molecule has 0 aliphatic carbocycles. The maximum absolute atomic E-state index is 9.82. The Bertz CT molecular complexity index is 333. The predicted octanol–water partition coefficient (Wildman–Crippen LogP) is 0.934. The second kappa shape index (κ2) is 5.42. The average Bonchev–Trinajstić information content (AvgIpc) is 2.31. The number of rotatable bonds is 2. The topological polar surface area (TPSA) is 60.7 Å². The zero-order valence-corrected chi connectivity index (χ0v) is 10.2. The molecule has 1 fully saturated rings. The van der Waals surface area contributed by atoms with Gasteiger partial charge in [-0.3, -0.25) is 0 Å². The van der Waals surface area contributed by atoms with E-state index < -0.39 is 18.3 Å². The highest BCUT2D eigenvalue weighted by atomic mass is 32.2. The Kier molecular flexibility index (Phi) is 4.16. The fourth-order valence-corrected chi connectivity index (χ4v) is 4.18. The molecule has 2 rings (SSSR count). The Morgan fingerprint density at radius 2 is 1.75 bits per heavy atom. The minimum Gasteiger partial charge on any atom is -0.389 e. The third kappa shape index (κ3) is 2.73. The van der Waals surface area contributed by atoms with Gasteiger partial charge in [0.2, 0.25) is 0 Å². The third-order valence-electron chi connectivity index (χ3n) is 2.45. The lowest BCUT2D eigenvalue weighted by molar-refractivity contribution is -0.0474. The van der Waals surface area contributed by atoms with Crippen LogP contribution in [0.1, 0.15) is 0 Å². The van der Waals surface area contributed by atoms with Crippen molar-refractivity contribution < 1.29 is 15.3 Å². The van der Waals surface area contributed by atoms with Crippen LogP contribution in [0, 0.1) is 0 Å². The van der Waals surface area contributed by atoms with Crippen LogP contribution in [0.25, 0.3) is 0 Å². The summed E-state index contributed by atoms with van der Waals surface area (Å²) in [7, 11) is 0. The number of aliphatic hydroxyl groups is 3. The number of benzene rings is 1. The molecule has 16 heavy (non-hydrogen) atoms. The van der Waals surface area contributed by atoms with E-state index in [1.165, 1.54) is 23.5 Å². The Morgan fingerprint density at radius 1 is 1.06 bits per heavy atom. The van der Waals surface area contributed by atoms with E-state index in [1.807, 2.05) is 30.3 Å². The molecular formula is C11H14O3S2. The van der Waals surface area contributed by atoms with Crippen LogP contribution >= 0.6 is 23.5 Å². The van der Waals surface area contributed by atoms with E-state index in [4.69, 9.17) is 0 Å². The largest absolute Gasteiger partial charge is 0.389 e. The summed E-state index contributed by atoms with van der Waals surface area (Å²) in [6, 6.07) is 9.75. The van der Waals surface area contributed by atoms with Gasteiger partial charge in [-0.05, 0) is 12.1 Å². The minimum absolute atomic E-state index is 0.124. The summed E-state index contributed by atoms with van der Waals surface area (Å²) >= 11 is 3.00. The second-order valence-corrected chi connectivity index (χ2v) is 6.37. The summed E-state index contributed by atoms with van der Waals surface area (Å²) in [4.78, 5) is 1.06. The SMILES string of the molecule is O[C@@H]1[C@@H](O)[C@H](Sc2ccccc2)SC[C@H]1O. The molecule has 0 radical (unpaired) electrons. The molecule has 0 spiro atoms. The summed E-state index contributed by atoms with van der Waals surface area (Å²) in [5.74, 6) is 0.461. The Hall–Kier alpha value is -0.200. The van der Waals surface area contributed by atoms with E-state index in [0.29, 0.717) is 5.75 Å². The van der Waals surface area contributed by atoms with Crippen LogP contribution < -0.4 is 0 Å². The molecule has 3 nitrogen and oxygen atoms in total. The molecule has 0 amide bonds. The number of hydrogen-bond donors (Lipinski definition) is 3. The van der Waals surface area contributed by atoms with Gasteiger partial charge >= 0.3 is 0 Å². The summed E-state index contributed by atoms with van der Waals surface area (Å²) in [6.07, 6.45) is -2.76. The zero-order chi connectivity index (χ0) is 11.5. The first-order chi connectivity index (χ1) is 7.68. The first-order valence-corrected chi connectivity index (χ1v) is 6.99. The van der Waals surface area contributed by atoms with E-state index in [9.17, 15) is 15.3 Å². The molecule has 1 aliphatic heterocycles. The highest BCUT2D eigenvalue weighted by molar-refractivity contribution is 8.17. The molecule has 0 saturated carbocycles. The molecule has 4 atom stereocenters. The standard InChI is InChI=1S/C11H14O3S2/c12-8-6-15-11(10(14)9(8)13)16-7-4-2-1-3-5-7/h1-5,8-14H,6H2/t8-,9+,10-,11+/m1/s1. The maximum atomic E-state index is 9.82. The number of aliphatic hydroxyl groups excluding tert-OH is 3. The molecule has 1 saturated heterocycles. The molecule has 0 bridgehead atoms. The first kappa shape index (κ1) is 12.3.